The molecule has 0 atom stereocenters. The molecular formula is C134H86N14. The first-order chi connectivity index (χ1) is 73.4. The van der Waals surface area contributed by atoms with Crippen LogP contribution in [-0.2, 0) is 0 Å². The van der Waals surface area contributed by atoms with Crippen LogP contribution in [0.1, 0.15) is 0 Å². The molecule has 14 heteroatoms. The van der Waals surface area contributed by atoms with E-state index in [0.29, 0.717) is 0 Å². The Hall–Kier alpha value is -20.2. The summed E-state index contributed by atoms with van der Waals surface area (Å²) in [4.78, 5) is 46.1. The molecule has 16 aromatic carbocycles. The molecule has 0 amide bonds. The zero-order valence-electron chi connectivity index (χ0n) is 79.9. The molecule has 0 saturated heterocycles. The summed E-state index contributed by atoms with van der Waals surface area (Å²) in [6.07, 6.45) is 17.5. The maximum atomic E-state index is 5.17. The van der Waals surface area contributed by atoms with Crippen LogP contribution in [0.2, 0.25) is 0 Å². The monoisotopic (exact) mass is 1890 g/mol. The fourth-order valence-electron chi connectivity index (χ4n) is 21.6. The van der Waals surface area contributed by atoms with Crippen molar-refractivity contribution < 1.29 is 0 Å². The summed E-state index contributed by atoms with van der Waals surface area (Å²) < 4.78 is 9.86. The summed E-state index contributed by atoms with van der Waals surface area (Å²) in [5.41, 5.74) is 41.7. The normalized spacial score (nSPS) is 11.5. The Morgan fingerprint density at radius 2 is 0.372 bits per heavy atom. The molecule has 0 N–H and O–H groups in total. The number of nitrogens with zero attached hydrogens (tertiary/aromatic N) is 14. The summed E-state index contributed by atoms with van der Waals surface area (Å²) in [6, 6.07) is 165. The van der Waals surface area contributed by atoms with E-state index < -0.39 is 0 Å². The fourth-order valence-corrected chi connectivity index (χ4v) is 21.6. The Morgan fingerprint density at radius 3 is 0.676 bits per heavy atom. The van der Waals surface area contributed by atoms with Gasteiger partial charge in [-0.2, -0.15) is 0 Å². The first-order valence-corrected chi connectivity index (χ1v) is 49.5. The number of pyridine rings is 6. The Kier molecular flexibility index (Phi) is 21.9. The highest BCUT2D eigenvalue weighted by atomic mass is 15.1. The van der Waals surface area contributed by atoms with Gasteiger partial charge in [-0.1, -0.05) is 243 Å². The lowest BCUT2D eigenvalue weighted by Gasteiger charge is -2.16. The van der Waals surface area contributed by atoms with Crippen molar-refractivity contribution in [2.75, 3.05) is 0 Å². The van der Waals surface area contributed by atoms with Gasteiger partial charge in [-0.3, -0.25) is 9.97 Å². The van der Waals surface area contributed by atoms with Gasteiger partial charge in [0.2, 0.25) is 0 Å². The van der Waals surface area contributed by atoms with Gasteiger partial charge in [0.15, 0.2) is 0 Å². The van der Waals surface area contributed by atoms with E-state index in [4.69, 9.17) is 19.9 Å². The van der Waals surface area contributed by atoms with Crippen LogP contribution in [0.4, 0.5) is 0 Å². The van der Waals surface area contributed by atoms with Crippen LogP contribution >= 0.6 is 0 Å². The first kappa shape index (κ1) is 86.8. The molecule has 12 aromatic heterocycles. The van der Waals surface area contributed by atoms with E-state index in [2.05, 4.69) is 461 Å². The van der Waals surface area contributed by atoms with E-state index in [1.54, 1.807) is 37.4 Å². The van der Waals surface area contributed by atoms with Crippen molar-refractivity contribution in [3.8, 4) is 180 Å². The molecule has 0 radical (unpaired) electrons. The predicted molar refractivity (Wildman–Crippen MR) is 604 cm³/mol. The molecule has 14 nitrogen and oxygen atoms in total. The first-order valence-electron chi connectivity index (χ1n) is 49.5. The van der Waals surface area contributed by atoms with E-state index in [0.717, 1.165) is 224 Å². The van der Waals surface area contributed by atoms with Gasteiger partial charge < -0.3 is 18.3 Å². The van der Waals surface area contributed by atoms with Gasteiger partial charge in [0.25, 0.3) is 0 Å². The van der Waals surface area contributed by atoms with Crippen molar-refractivity contribution >= 4 is 87.2 Å². The lowest BCUT2D eigenvalue weighted by molar-refractivity contribution is 1.15. The zero-order valence-corrected chi connectivity index (χ0v) is 79.9. The molecule has 0 aliphatic heterocycles. The van der Waals surface area contributed by atoms with E-state index in [1.807, 2.05) is 73.3 Å². The van der Waals surface area contributed by atoms with Crippen LogP contribution in [0.5, 0.6) is 0 Å². The highest BCUT2D eigenvalue weighted by Crippen LogP contribution is 2.52. The van der Waals surface area contributed by atoms with Gasteiger partial charge in [0.05, 0.1) is 89.7 Å². The minimum absolute atomic E-state index is 0.817. The molecule has 692 valence electrons. The van der Waals surface area contributed by atoms with Gasteiger partial charge in [-0.15, -0.1) is 0 Å². The van der Waals surface area contributed by atoms with Crippen molar-refractivity contribution in [3.63, 3.8) is 0 Å². The molecule has 28 aromatic rings. The third kappa shape index (κ3) is 15.8. The van der Waals surface area contributed by atoms with Crippen LogP contribution in [0.15, 0.2) is 523 Å². The molecule has 0 spiro atoms. The van der Waals surface area contributed by atoms with E-state index in [-0.39, 0.29) is 0 Å². The Bertz CT molecular complexity index is 9110. The molecule has 0 bridgehead atoms. The molecular weight excluding hydrogens is 1810 g/mol. The fraction of sp³-hybridized carbons (Fsp3) is 0. The molecule has 0 fully saturated rings. The predicted octanol–water partition coefficient (Wildman–Crippen LogP) is 33.0. The van der Waals surface area contributed by atoms with E-state index in [1.165, 1.54) is 43.1 Å². The average Bonchev–Trinajstić information content (AvgIpc) is 1.53. The molecule has 28 rings (SSSR count). The largest absolute Gasteiger partial charge is 0.307 e. The number of hydrogen-bond acceptors (Lipinski definition) is 10. The van der Waals surface area contributed by atoms with Crippen LogP contribution in [0, 0.1) is 0 Å². The summed E-state index contributed by atoms with van der Waals surface area (Å²) in [5, 5.41) is 9.47. The standard InChI is InChI=1S/C68H44N6.C66H42N8/c1-3-19-54(20-4-1)73-64-29-9-7-23-56(64)59-44-58(66-57-24-8-10-30-65(57)74(68(66)67(59)73)55-21-5-2-6-22-55)53-42-51(47-15-11-17-49(39-47)62-27-13-25-60(71-62)45-31-35-69-36-32-45)41-52(43-53)48-16-12-18-50(40-48)63-28-14-26-61(72-63)46-33-37-70-38-34-46;1-3-19-52(20-4-1)73-62-29-9-7-23-54(62)57-36-56(64-55-24-8-10-30-63(55)74(66(64)65(57)73)53-21-5-2-6-22-53)49-34-47(43-15-11-17-45(31-43)58-25-13-27-60(71-58)50-37-67-41-68-38-50)33-48(35-49)44-16-12-18-46(32-44)59-26-14-28-61(72-59)51-39-69-42-70-40-51/h1-44H;1-42H. The second-order valence-corrected chi connectivity index (χ2v) is 37.1. The van der Waals surface area contributed by atoms with Gasteiger partial charge >= 0.3 is 0 Å². The summed E-state index contributed by atoms with van der Waals surface area (Å²) in [5.74, 6) is 0. The van der Waals surface area contributed by atoms with Crippen LogP contribution in [0.25, 0.3) is 267 Å². The SMILES string of the molecule is c1ccc(-n2c3ccccc3c3cc(-c4cc(-c5cccc(-c6cccc(-c7ccncc7)n6)c5)cc(-c5cccc(-c6cccc(-c7ccncc7)n6)c5)c4)c4c5ccccc5n(-c5ccccc5)c4c32)cc1.c1ccc(-n2c3ccccc3c3cc(-c4cc(-c5cccc(-c6cccc(-c7cncnc7)n6)c5)cc(-c5cccc(-c6cccc(-c7cncnc7)n6)c5)c4)c4c5ccccc5n(-c5ccccc5)c4c32)cc1. The number of rotatable bonds is 18. The summed E-state index contributed by atoms with van der Waals surface area (Å²) in [6.45, 7) is 0. The number of aromatic nitrogens is 14. The molecule has 12 heterocycles. The van der Waals surface area contributed by atoms with E-state index in [9.17, 15) is 0 Å². The number of hydrogen-bond donors (Lipinski definition) is 0. The maximum absolute atomic E-state index is 5.17. The molecule has 0 saturated carbocycles. The minimum Gasteiger partial charge on any atom is -0.307 e. The van der Waals surface area contributed by atoms with Crippen molar-refractivity contribution in [2.24, 2.45) is 0 Å². The number of fused-ring (bicyclic) bond motifs is 14. The van der Waals surface area contributed by atoms with Gasteiger partial charge in [0, 0.05) is 160 Å². The van der Waals surface area contributed by atoms with Crippen molar-refractivity contribution in [3.05, 3.63) is 523 Å². The topological polar surface area (TPSA) is 149 Å². The van der Waals surface area contributed by atoms with Gasteiger partial charge in [0.1, 0.15) is 12.7 Å². The van der Waals surface area contributed by atoms with Gasteiger partial charge in [-0.05, 0) is 285 Å². The minimum atomic E-state index is 0.817. The van der Waals surface area contributed by atoms with Crippen LogP contribution in [0.3, 0.4) is 0 Å². The highest BCUT2D eigenvalue weighted by molar-refractivity contribution is 6.30. The number of para-hydroxylation sites is 8. The molecule has 0 aliphatic carbocycles. The highest BCUT2D eigenvalue weighted by Gasteiger charge is 2.29. The summed E-state index contributed by atoms with van der Waals surface area (Å²) >= 11 is 0. The second-order valence-electron chi connectivity index (χ2n) is 37.1. The Morgan fingerprint density at radius 1 is 0.142 bits per heavy atom. The molecule has 0 unspecified atom stereocenters. The smallest absolute Gasteiger partial charge is 0.115 e. The second kappa shape index (κ2) is 37.3. The van der Waals surface area contributed by atoms with Gasteiger partial charge in [-0.25, -0.2) is 39.9 Å². The van der Waals surface area contributed by atoms with Crippen molar-refractivity contribution in [1.82, 2.24) is 68.1 Å². The zero-order chi connectivity index (χ0) is 97.9. The van der Waals surface area contributed by atoms with Crippen molar-refractivity contribution in [2.45, 2.75) is 0 Å². The lowest BCUT2D eigenvalue weighted by Crippen LogP contribution is -1.99. The molecule has 0 aliphatic rings. The molecule has 148 heavy (non-hydrogen) atoms. The quantitative estimate of drug-likeness (QED) is 0.0813. The third-order valence-electron chi connectivity index (χ3n) is 28.3. The Balaban J connectivity index is 0.000000146. The average molecular weight is 1890 g/mol. The lowest BCUT2D eigenvalue weighted by atomic mass is 9.89. The van der Waals surface area contributed by atoms with Crippen molar-refractivity contribution in [1.29, 1.82) is 0 Å². The third-order valence-corrected chi connectivity index (χ3v) is 28.3. The summed E-state index contributed by atoms with van der Waals surface area (Å²) in [7, 11) is 0. The maximum Gasteiger partial charge on any atom is 0.115 e. The van der Waals surface area contributed by atoms with Crippen LogP contribution < -0.4 is 0 Å². The van der Waals surface area contributed by atoms with E-state index >= 15 is 0 Å². The number of benzene rings is 16. The Labute approximate surface area is 852 Å². The van der Waals surface area contributed by atoms with Crippen LogP contribution in [-0.4, -0.2) is 68.1 Å².